The van der Waals surface area contributed by atoms with E-state index in [1.165, 1.54) is 28.9 Å². The molecule has 0 radical (unpaired) electrons. The van der Waals surface area contributed by atoms with Crippen LogP contribution < -0.4 is 10.2 Å². The van der Waals surface area contributed by atoms with E-state index in [0.717, 1.165) is 103 Å². The number of piperidine rings is 1. The van der Waals surface area contributed by atoms with Crippen molar-refractivity contribution in [2.24, 2.45) is 0 Å². The minimum atomic E-state index is 0.150. The topological polar surface area (TPSA) is 62.6 Å². The lowest BCUT2D eigenvalue weighted by atomic mass is 9.90. The summed E-state index contributed by atoms with van der Waals surface area (Å²) in [6, 6.07) is 9.41. The minimum absolute atomic E-state index is 0.150. The summed E-state index contributed by atoms with van der Waals surface area (Å²) >= 11 is 0. The number of rotatable bonds is 8. The van der Waals surface area contributed by atoms with Gasteiger partial charge in [0.05, 0.1) is 13.2 Å². The van der Waals surface area contributed by atoms with Crippen LogP contribution in [0, 0.1) is 0 Å². The number of anilines is 1. The van der Waals surface area contributed by atoms with Crippen molar-refractivity contribution in [2.45, 2.75) is 70.9 Å². The molecular weight excluding hydrogens is 438 g/mol. The smallest absolute Gasteiger partial charge is 0.274 e. The second-order valence-corrected chi connectivity index (χ2v) is 10.3. The number of hydrogen-bond donors (Lipinski definition) is 1. The first kappa shape index (κ1) is 24.3. The van der Waals surface area contributed by atoms with Gasteiger partial charge in [-0.05, 0) is 75.6 Å². The fourth-order valence-electron chi connectivity index (χ4n) is 5.79. The lowest BCUT2D eigenvalue weighted by Gasteiger charge is -2.29. The zero-order chi connectivity index (χ0) is 24.0. The molecular formula is C28H41N5O2. The maximum Gasteiger partial charge on any atom is 0.274 e. The Morgan fingerprint density at radius 2 is 1.86 bits per heavy atom. The summed E-state index contributed by atoms with van der Waals surface area (Å²) in [7, 11) is 0. The molecule has 1 unspecified atom stereocenters. The highest BCUT2D eigenvalue weighted by Gasteiger charge is 2.31. The fourth-order valence-corrected chi connectivity index (χ4v) is 5.79. The zero-order valence-corrected chi connectivity index (χ0v) is 21.3. The lowest BCUT2D eigenvalue weighted by molar-refractivity contribution is 0.0716. The number of nitrogens with one attached hydrogen (secondary N) is 1. The first-order chi connectivity index (χ1) is 17.2. The van der Waals surface area contributed by atoms with Gasteiger partial charge in [0, 0.05) is 55.7 Å². The van der Waals surface area contributed by atoms with Crippen molar-refractivity contribution in [3.05, 3.63) is 46.8 Å². The van der Waals surface area contributed by atoms with Crippen LogP contribution >= 0.6 is 0 Å². The van der Waals surface area contributed by atoms with Crippen molar-refractivity contribution in [2.75, 3.05) is 50.8 Å². The molecule has 2 saturated heterocycles. The first-order valence-corrected chi connectivity index (χ1v) is 13.8. The lowest BCUT2D eigenvalue weighted by Crippen LogP contribution is -2.38. The van der Waals surface area contributed by atoms with Crippen molar-refractivity contribution in [3.63, 3.8) is 0 Å². The first-order valence-electron chi connectivity index (χ1n) is 13.8. The van der Waals surface area contributed by atoms with Gasteiger partial charge in [0.25, 0.3) is 5.91 Å². The molecule has 1 aromatic carbocycles. The van der Waals surface area contributed by atoms with E-state index in [9.17, 15) is 4.79 Å². The third-order valence-corrected chi connectivity index (χ3v) is 7.79. The van der Waals surface area contributed by atoms with E-state index in [-0.39, 0.29) is 5.91 Å². The number of aryl methyl sites for hydroxylation is 1. The number of hydrogen-bond acceptors (Lipinski definition) is 5. The van der Waals surface area contributed by atoms with E-state index in [1.54, 1.807) is 0 Å². The van der Waals surface area contributed by atoms with Gasteiger partial charge in [0.2, 0.25) is 0 Å². The molecule has 0 bridgehead atoms. The van der Waals surface area contributed by atoms with Gasteiger partial charge in [-0.15, -0.1) is 0 Å². The number of nitrogens with zero attached hydrogens (tertiary/aromatic N) is 4. The molecule has 1 atom stereocenters. The van der Waals surface area contributed by atoms with Crippen LogP contribution in [0.1, 0.15) is 66.3 Å². The van der Waals surface area contributed by atoms with Crippen LogP contribution in [0.15, 0.2) is 24.3 Å². The molecule has 2 aromatic rings. The van der Waals surface area contributed by atoms with Gasteiger partial charge in [-0.2, -0.15) is 5.10 Å². The van der Waals surface area contributed by atoms with E-state index in [4.69, 9.17) is 9.84 Å². The zero-order valence-electron chi connectivity index (χ0n) is 21.3. The quantitative estimate of drug-likeness (QED) is 0.628. The van der Waals surface area contributed by atoms with Gasteiger partial charge in [0.1, 0.15) is 0 Å². The summed E-state index contributed by atoms with van der Waals surface area (Å²) in [6.45, 7) is 9.36. The largest absolute Gasteiger partial charge is 0.378 e. The molecule has 1 aliphatic carbocycles. The van der Waals surface area contributed by atoms with Crippen LogP contribution in [0.2, 0.25) is 0 Å². The Morgan fingerprint density at radius 3 is 2.60 bits per heavy atom. The number of carbonyl (C=O) groups is 1. The molecule has 7 nitrogen and oxygen atoms in total. The van der Waals surface area contributed by atoms with Gasteiger partial charge >= 0.3 is 0 Å². The fraction of sp³-hybridized carbons (Fsp3) is 0.643. The third kappa shape index (κ3) is 5.72. The molecule has 0 saturated carbocycles. The Hall–Kier alpha value is -2.38. The van der Waals surface area contributed by atoms with Crippen LogP contribution in [0.4, 0.5) is 5.69 Å². The second-order valence-electron chi connectivity index (χ2n) is 10.3. The second kappa shape index (κ2) is 11.6. The maximum atomic E-state index is 13.4. The molecule has 35 heavy (non-hydrogen) atoms. The predicted molar refractivity (Wildman–Crippen MR) is 139 cm³/mol. The molecule has 0 spiro atoms. The standard InChI is InChI=1S/C28H41N5O2/c1-2-14-33-26-11-8-23(21-25(26)27(30-33)28(34)32-15-4-3-5-16-32)29-13-12-22-6-9-24(10-7-22)31-17-19-35-20-18-31/h6-7,9-10,23,29H,2-5,8,11-21H2,1H3. The molecule has 3 heterocycles. The number of carbonyl (C=O) groups excluding carboxylic acids is 1. The van der Waals surface area contributed by atoms with E-state index in [1.807, 2.05) is 4.90 Å². The molecule has 1 N–H and O–H groups in total. The summed E-state index contributed by atoms with van der Waals surface area (Å²) in [6.07, 6.45) is 8.52. The van der Waals surface area contributed by atoms with Gasteiger partial charge in [-0.3, -0.25) is 9.48 Å². The van der Waals surface area contributed by atoms with Crippen LogP contribution in [-0.4, -0.2) is 72.6 Å². The van der Waals surface area contributed by atoms with Gasteiger partial charge in [-0.1, -0.05) is 19.1 Å². The Labute approximate surface area is 209 Å². The molecule has 190 valence electrons. The molecule has 5 rings (SSSR count). The SMILES string of the molecule is CCCn1nc(C(=O)N2CCCCC2)c2c1CCC(NCCc1ccc(N3CCOCC3)cc1)C2. The molecule has 2 aliphatic heterocycles. The van der Waals surface area contributed by atoms with Crippen LogP contribution in [0.3, 0.4) is 0 Å². The Balaban J connectivity index is 1.19. The third-order valence-electron chi connectivity index (χ3n) is 7.79. The van der Waals surface area contributed by atoms with Gasteiger partial charge in [-0.25, -0.2) is 0 Å². The Kier molecular flexibility index (Phi) is 8.04. The average Bonchev–Trinajstić information content (AvgIpc) is 3.27. The summed E-state index contributed by atoms with van der Waals surface area (Å²) in [4.78, 5) is 17.8. The number of benzene rings is 1. The Bertz CT molecular complexity index is 974. The van der Waals surface area contributed by atoms with Crippen molar-refractivity contribution in [3.8, 4) is 0 Å². The molecule has 2 fully saturated rings. The Morgan fingerprint density at radius 1 is 1.09 bits per heavy atom. The van der Waals surface area contributed by atoms with E-state index in [0.29, 0.717) is 6.04 Å². The number of amides is 1. The van der Waals surface area contributed by atoms with Crippen molar-refractivity contribution in [1.29, 1.82) is 0 Å². The maximum absolute atomic E-state index is 13.4. The van der Waals surface area contributed by atoms with E-state index >= 15 is 0 Å². The average molecular weight is 480 g/mol. The van der Waals surface area contributed by atoms with Crippen molar-refractivity contribution in [1.82, 2.24) is 20.0 Å². The van der Waals surface area contributed by atoms with E-state index in [2.05, 4.69) is 46.1 Å². The minimum Gasteiger partial charge on any atom is -0.378 e. The molecule has 1 aromatic heterocycles. The van der Waals surface area contributed by atoms with Crippen LogP contribution in [-0.2, 0) is 30.5 Å². The molecule has 3 aliphatic rings. The number of ether oxygens (including phenoxy) is 1. The summed E-state index contributed by atoms with van der Waals surface area (Å²) in [5.41, 5.74) is 5.87. The normalized spacial score (nSPS) is 20.7. The van der Waals surface area contributed by atoms with Gasteiger partial charge in [0.15, 0.2) is 5.69 Å². The van der Waals surface area contributed by atoms with Crippen molar-refractivity contribution >= 4 is 11.6 Å². The number of likely N-dealkylation sites (tertiary alicyclic amines) is 1. The van der Waals surface area contributed by atoms with Crippen molar-refractivity contribution < 1.29 is 9.53 Å². The number of fused-ring (bicyclic) bond motifs is 1. The van der Waals surface area contributed by atoms with Gasteiger partial charge < -0.3 is 19.9 Å². The highest BCUT2D eigenvalue weighted by Crippen LogP contribution is 2.27. The highest BCUT2D eigenvalue weighted by molar-refractivity contribution is 5.94. The predicted octanol–water partition coefficient (Wildman–Crippen LogP) is 3.45. The summed E-state index contributed by atoms with van der Waals surface area (Å²) in [5, 5.41) is 8.64. The monoisotopic (exact) mass is 479 g/mol. The molecule has 1 amide bonds. The highest BCUT2D eigenvalue weighted by atomic mass is 16.5. The van der Waals surface area contributed by atoms with E-state index < -0.39 is 0 Å². The molecule has 7 heteroatoms. The van der Waals surface area contributed by atoms with Crippen LogP contribution in [0.25, 0.3) is 0 Å². The number of morpholine rings is 1. The van der Waals surface area contributed by atoms with Crippen LogP contribution in [0.5, 0.6) is 0 Å². The number of aromatic nitrogens is 2. The summed E-state index contributed by atoms with van der Waals surface area (Å²) in [5.74, 6) is 0.150. The summed E-state index contributed by atoms with van der Waals surface area (Å²) < 4.78 is 7.59.